The van der Waals surface area contributed by atoms with Crippen LogP contribution in [0.3, 0.4) is 0 Å². The van der Waals surface area contributed by atoms with Crippen molar-refractivity contribution in [3.8, 4) is 0 Å². The minimum absolute atomic E-state index is 0.0566. The molecule has 0 saturated carbocycles. The van der Waals surface area contributed by atoms with Gasteiger partial charge in [-0.25, -0.2) is 8.42 Å². The largest absolute Gasteiger partial charge is 0.369 e. The first kappa shape index (κ1) is 26.3. The highest BCUT2D eigenvalue weighted by Gasteiger charge is 2.18. The van der Waals surface area contributed by atoms with Crippen molar-refractivity contribution in [2.24, 2.45) is 0 Å². The molecular formula is C26H28Cl2N4O3S. The number of likely N-dealkylation sites (N-methyl/N-ethyl adjacent to an activating group) is 1. The van der Waals surface area contributed by atoms with Crippen LogP contribution in [-0.4, -0.2) is 52.5 Å². The van der Waals surface area contributed by atoms with E-state index in [1.165, 1.54) is 12.1 Å². The van der Waals surface area contributed by atoms with Gasteiger partial charge in [-0.1, -0.05) is 35.3 Å². The second kappa shape index (κ2) is 11.1. The van der Waals surface area contributed by atoms with Crippen molar-refractivity contribution in [2.75, 3.05) is 48.2 Å². The van der Waals surface area contributed by atoms with Crippen molar-refractivity contribution >= 4 is 56.2 Å². The molecule has 0 bridgehead atoms. The number of carbonyl (C=O) groups is 1. The van der Waals surface area contributed by atoms with Gasteiger partial charge in [0.05, 0.1) is 21.4 Å². The molecule has 4 rings (SSSR count). The standard InChI is InChI=1S/C26H28Cl2N4O3S/c1-18-3-9-22(17-25(18)29-26(33)16-19-4-10-23(27)24(28)15-19)36(34,35)30-20-5-7-21(8-6-20)32-13-11-31(2)12-14-32/h3-10,15,17,30H,11-14,16H2,1-2H3,(H,29,33). The van der Waals surface area contributed by atoms with E-state index in [4.69, 9.17) is 23.2 Å². The summed E-state index contributed by atoms with van der Waals surface area (Å²) in [5.41, 5.74) is 3.40. The average Bonchev–Trinajstić information content (AvgIpc) is 2.83. The number of piperazine rings is 1. The third-order valence-electron chi connectivity index (χ3n) is 6.13. The van der Waals surface area contributed by atoms with E-state index in [2.05, 4.69) is 26.9 Å². The van der Waals surface area contributed by atoms with Crippen LogP contribution >= 0.6 is 23.2 Å². The Kier molecular flexibility index (Phi) is 8.10. The summed E-state index contributed by atoms with van der Waals surface area (Å²) in [7, 11) is -1.75. The second-order valence-electron chi connectivity index (χ2n) is 8.89. The van der Waals surface area contributed by atoms with Gasteiger partial charge < -0.3 is 15.1 Å². The Labute approximate surface area is 222 Å². The molecule has 1 saturated heterocycles. The molecule has 1 aliphatic heterocycles. The van der Waals surface area contributed by atoms with Gasteiger partial charge in [-0.2, -0.15) is 0 Å². The molecule has 1 amide bonds. The number of nitrogens with zero attached hydrogens (tertiary/aromatic N) is 2. The van der Waals surface area contributed by atoms with Crippen molar-refractivity contribution in [1.29, 1.82) is 0 Å². The predicted molar refractivity (Wildman–Crippen MR) is 147 cm³/mol. The fourth-order valence-corrected chi connectivity index (χ4v) is 5.36. The third-order valence-corrected chi connectivity index (χ3v) is 8.25. The second-order valence-corrected chi connectivity index (χ2v) is 11.4. The number of carbonyl (C=O) groups excluding carboxylic acids is 1. The number of anilines is 3. The fraction of sp³-hybridized carbons (Fsp3) is 0.269. The third kappa shape index (κ3) is 6.50. The van der Waals surface area contributed by atoms with Crippen molar-refractivity contribution < 1.29 is 13.2 Å². The molecule has 190 valence electrons. The maximum atomic E-state index is 13.1. The van der Waals surface area contributed by atoms with E-state index in [1.54, 1.807) is 43.3 Å². The van der Waals surface area contributed by atoms with Gasteiger partial charge in [0.25, 0.3) is 10.0 Å². The number of hydrogen-bond donors (Lipinski definition) is 2. The molecular weight excluding hydrogens is 519 g/mol. The minimum atomic E-state index is -3.86. The van der Waals surface area contributed by atoms with Crippen LogP contribution in [-0.2, 0) is 21.2 Å². The molecule has 3 aromatic rings. The van der Waals surface area contributed by atoms with Crippen molar-refractivity contribution in [2.45, 2.75) is 18.2 Å². The Morgan fingerprint density at radius 1 is 0.917 bits per heavy atom. The first-order chi connectivity index (χ1) is 17.1. The predicted octanol–water partition coefficient (Wildman–Crippen LogP) is 5.04. The molecule has 0 aliphatic carbocycles. The monoisotopic (exact) mass is 546 g/mol. The van der Waals surface area contributed by atoms with Crippen LogP contribution in [0.1, 0.15) is 11.1 Å². The van der Waals surface area contributed by atoms with Crippen LogP contribution in [0.5, 0.6) is 0 Å². The Hall–Kier alpha value is -2.78. The summed E-state index contributed by atoms with van der Waals surface area (Å²) < 4.78 is 28.8. The molecule has 0 unspecified atom stereocenters. The number of halogens is 2. The van der Waals surface area contributed by atoms with Gasteiger partial charge in [0.1, 0.15) is 0 Å². The van der Waals surface area contributed by atoms with Gasteiger partial charge in [-0.3, -0.25) is 9.52 Å². The van der Waals surface area contributed by atoms with Crippen LogP contribution in [0.2, 0.25) is 10.0 Å². The SMILES string of the molecule is Cc1ccc(S(=O)(=O)Nc2ccc(N3CCN(C)CC3)cc2)cc1NC(=O)Cc1ccc(Cl)c(Cl)c1. The zero-order valence-electron chi connectivity index (χ0n) is 20.1. The van der Waals surface area contributed by atoms with Crippen LogP contribution in [0, 0.1) is 6.92 Å². The maximum Gasteiger partial charge on any atom is 0.261 e. The Bertz CT molecular complexity index is 1360. The van der Waals surface area contributed by atoms with Gasteiger partial charge in [-0.05, 0) is 73.6 Å². The van der Waals surface area contributed by atoms with Crippen LogP contribution in [0.15, 0.2) is 65.6 Å². The van der Waals surface area contributed by atoms with Crippen molar-refractivity contribution in [3.05, 3.63) is 81.8 Å². The summed E-state index contributed by atoms with van der Waals surface area (Å²) in [6, 6.07) is 17.0. The van der Waals surface area contributed by atoms with Crippen LogP contribution < -0.4 is 14.9 Å². The minimum Gasteiger partial charge on any atom is -0.369 e. The summed E-state index contributed by atoms with van der Waals surface area (Å²) >= 11 is 12.0. The molecule has 1 heterocycles. The summed E-state index contributed by atoms with van der Waals surface area (Å²) in [6.07, 6.45) is 0.0746. The average molecular weight is 548 g/mol. The molecule has 10 heteroatoms. The molecule has 7 nitrogen and oxygen atoms in total. The molecule has 3 aromatic carbocycles. The topological polar surface area (TPSA) is 81.8 Å². The molecule has 36 heavy (non-hydrogen) atoms. The van der Waals surface area contributed by atoms with Crippen molar-refractivity contribution in [1.82, 2.24) is 4.90 Å². The van der Waals surface area contributed by atoms with Crippen molar-refractivity contribution in [3.63, 3.8) is 0 Å². The van der Waals surface area contributed by atoms with Gasteiger partial charge >= 0.3 is 0 Å². The smallest absolute Gasteiger partial charge is 0.261 e. The van der Waals surface area contributed by atoms with E-state index in [-0.39, 0.29) is 17.2 Å². The molecule has 0 aromatic heterocycles. The lowest BCUT2D eigenvalue weighted by atomic mass is 10.1. The molecule has 1 aliphatic rings. The zero-order chi connectivity index (χ0) is 25.9. The number of hydrogen-bond acceptors (Lipinski definition) is 5. The lowest BCUT2D eigenvalue weighted by Gasteiger charge is -2.34. The van der Waals surface area contributed by atoms with Gasteiger partial charge in [0.15, 0.2) is 0 Å². The van der Waals surface area contributed by atoms with Crippen LogP contribution in [0.4, 0.5) is 17.1 Å². The normalized spacial score (nSPS) is 14.5. The number of amides is 1. The highest BCUT2D eigenvalue weighted by Crippen LogP contribution is 2.26. The fourth-order valence-electron chi connectivity index (χ4n) is 3.95. The zero-order valence-corrected chi connectivity index (χ0v) is 22.4. The first-order valence-corrected chi connectivity index (χ1v) is 13.8. The Morgan fingerprint density at radius 2 is 1.61 bits per heavy atom. The maximum absolute atomic E-state index is 13.1. The number of aryl methyl sites for hydroxylation is 1. The van der Waals surface area contributed by atoms with Gasteiger partial charge in [-0.15, -0.1) is 0 Å². The number of sulfonamides is 1. The summed E-state index contributed by atoms with van der Waals surface area (Å²) in [5.74, 6) is -0.293. The molecule has 1 fully saturated rings. The summed E-state index contributed by atoms with van der Waals surface area (Å²) in [6.45, 7) is 5.66. The number of nitrogens with one attached hydrogen (secondary N) is 2. The summed E-state index contributed by atoms with van der Waals surface area (Å²) in [5, 5.41) is 3.58. The molecule has 0 atom stereocenters. The van der Waals surface area contributed by atoms with E-state index in [1.807, 2.05) is 12.1 Å². The number of rotatable bonds is 7. The van der Waals surface area contributed by atoms with E-state index in [0.717, 1.165) is 37.4 Å². The lowest BCUT2D eigenvalue weighted by Crippen LogP contribution is -2.44. The highest BCUT2D eigenvalue weighted by atomic mass is 35.5. The Morgan fingerprint density at radius 3 is 2.28 bits per heavy atom. The van der Waals surface area contributed by atoms with E-state index < -0.39 is 10.0 Å². The quantitative estimate of drug-likeness (QED) is 0.434. The summed E-state index contributed by atoms with van der Waals surface area (Å²) in [4.78, 5) is 17.2. The first-order valence-electron chi connectivity index (χ1n) is 11.5. The highest BCUT2D eigenvalue weighted by molar-refractivity contribution is 7.92. The molecule has 2 N–H and O–H groups in total. The van der Waals surface area contributed by atoms with E-state index in [0.29, 0.717) is 27.0 Å². The number of benzene rings is 3. The molecule has 0 radical (unpaired) electrons. The molecule has 0 spiro atoms. The van der Waals surface area contributed by atoms with Gasteiger partial charge in [0, 0.05) is 43.2 Å². The lowest BCUT2D eigenvalue weighted by molar-refractivity contribution is -0.115. The van der Waals surface area contributed by atoms with Crippen LogP contribution in [0.25, 0.3) is 0 Å². The van der Waals surface area contributed by atoms with E-state index >= 15 is 0 Å². The van der Waals surface area contributed by atoms with E-state index in [9.17, 15) is 13.2 Å². The van der Waals surface area contributed by atoms with Gasteiger partial charge in [0.2, 0.25) is 5.91 Å². The Balaban J connectivity index is 1.44.